The van der Waals surface area contributed by atoms with Gasteiger partial charge in [-0.1, -0.05) is 0 Å². The van der Waals surface area contributed by atoms with E-state index in [-0.39, 0.29) is 0 Å². The molecule has 0 unspecified atom stereocenters. The van der Waals surface area contributed by atoms with Gasteiger partial charge in [-0.2, -0.15) is 0 Å². The maximum absolute atomic E-state index is 5.75. The van der Waals surface area contributed by atoms with Gasteiger partial charge in [-0.05, 0) is 12.8 Å². The Kier molecular flexibility index (Phi) is 1.17. The van der Waals surface area contributed by atoms with E-state index in [0.717, 1.165) is 16.9 Å². The average molecular weight is 174 g/mol. The first kappa shape index (κ1) is 6.88. The zero-order valence-electron chi connectivity index (χ0n) is 7.12. The fourth-order valence-electron chi connectivity index (χ4n) is 1.52. The average Bonchev–Trinajstić information content (AvgIpc) is 2.87. The number of imidazole rings is 1. The van der Waals surface area contributed by atoms with Crippen LogP contribution in [0.3, 0.4) is 0 Å². The molecule has 4 heteroatoms. The Balaban J connectivity index is 2.26. The van der Waals surface area contributed by atoms with E-state index in [4.69, 9.17) is 5.73 Å². The van der Waals surface area contributed by atoms with Crippen LogP contribution in [0.2, 0.25) is 0 Å². The van der Waals surface area contributed by atoms with Crippen molar-refractivity contribution >= 4 is 16.7 Å². The second-order valence-electron chi connectivity index (χ2n) is 3.52. The number of fused-ring (bicyclic) bond motifs is 1. The predicted octanol–water partition coefficient (Wildman–Crippen LogP) is 1.42. The number of aromatic nitrogens is 3. The molecule has 0 aromatic carbocycles. The molecule has 2 aromatic rings. The molecule has 66 valence electrons. The number of H-pyrrole nitrogens is 1. The minimum atomic E-state index is 0.631. The molecule has 1 fully saturated rings. The Morgan fingerprint density at radius 3 is 2.92 bits per heavy atom. The van der Waals surface area contributed by atoms with Crippen LogP contribution in [0.4, 0.5) is 5.69 Å². The third-order valence-corrected chi connectivity index (χ3v) is 2.40. The van der Waals surface area contributed by atoms with Crippen molar-refractivity contribution in [2.45, 2.75) is 18.8 Å². The molecule has 3 rings (SSSR count). The molecule has 1 aliphatic carbocycles. The zero-order valence-corrected chi connectivity index (χ0v) is 7.12. The summed E-state index contributed by atoms with van der Waals surface area (Å²) in [5.74, 6) is 1.70. The van der Waals surface area contributed by atoms with Crippen molar-refractivity contribution in [2.75, 3.05) is 5.73 Å². The van der Waals surface area contributed by atoms with Crippen LogP contribution in [0, 0.1) is 0 Å². The van der Waals surface area contributed by atoms with Gasteiger partial charge in [-0.3, -0.25) is 4.98 Å². The van der Waals surface area contributed by atoms with Crippen LogP contribution in [-0.4, -0.2) is 15.0 Å². The van der Waals surface area contributed by atoms with E-state index in [0.29, 0.717) is 11.6 Å². The van der Waals surface area contributed by atoms with E-state index in [9.17, 15) is 0 Å². The number of hydrogen-bond acceptors (Lipinski definition) is 3. The van der Waals surface area contributed by atoms with Gasteiger partial charge in [0, 0.05) is 5.92 Å². The predicted molar refractivity (Wildman–Crippen MR) is 50.3 cm³/mol. The van der Waals surface area contributed by atoms with Crippen LogP contribution in [-0.2, 0) is 0 Å². The SMILES string of the molecule is Nc1cncc2[nH]c(C3CC3)nc12. The van der Waals surface area contributed by atoms with Crippen molar-refractivity contribution in [3.8, 4) is 0 Å². The Bertz CT molecular complexity index is 456. The minimum Gasteiger partial charge on any atom is -0.396 e. The van der Waals surface area contributed by atoms with Crippen molar-refractivity contribution in [1.29, 1.82) is 0 Å². The van der Waals surface area contributed by atoms with Crippen LogP contribution in [0.1, 0.15) is 24.6 Å². The number of nitrogens with zero attached hydrogens (tertiary/aromatic N) is 2. The summed E-state index contributed by atoms with van der Waals surface area (Å²) in [6.45, 7) is 0. The highest BCUT2D eigenvalue weighted by Crippen LogP contribution is 2.39. The fourth-order valence-corrected chi connectivity index (χ4v) is 1.52. The molecule has 4 nitrogen and oxygen atoms in total. The van der Waals surface area contributed by atoms with Gasteiger partial charge in [0.1, 0.15) is 11.3 Å². The quantitative estimate of drug-likeness (QED) is 0.687. The summed E-state index contributed by atoms with van der Waals surface area (Å²) >= 11 is 0. The first-order valence-electron chi connectivity index (χ1n) is 4.43. The zero-order chi connectivity index (χ0) is 8.84. The van der Waals surface area contributed by atoms with Gasteiger partial charge in [0.15, 0.2) is 0 Å². The lowest BCUT2D eigenvalue weighted by atomic mass is 10.4. The van der Waals surface area contributed by atoms with Gasteiger partial charge in [-0.25, -0.2) is 4.98 Å². The van der Waals surface area contributed by atoms with E-state index in [1.807, 2.05) is 0 Å². The maximum atomic E-state index is 5.75. The van der Waals surface area contributed by atoms with Gasteiger partial charge >= 0.3 is 0 Å². The van der Waals surface area contributed by atoms with Crippen molar-refractivity contribution < 1.29 is 0 Å². The van der Waals surface area contributed by atoms with Crippen molar-refractivity contribution in [3.63, 3.8) is 0 Å². The Hall–Kier alpha value is -1.58. The van der Waals surface area contributed by atoms with Crippen molar-refractivity contribution in [1.82, 2.24) is 15.0 Å². The lowest BCUT2D eigenvalue weighted by Crippen LogP contribution is -1.87. The van der Waals surface area contributed by atoms with Gasteiger partial charge in [0.05, 0.1) is 23.6 Å². The largest absolute Gasteiger partial charge is 0.396 e. The molecule has 3 N–H and O–H groups in total. The first-order valence-corrected chi connectivity index (χ1v) is 4.43. The van der Waals surface area contributed by atoms with Crippen molar-refractivity contribution in [2.24, 2.45) is 0 Å². The molecular formula is C9H10N4. The molecule has 0 radical (unpaired) electrons. The first-order chi connectivity index (χ1) is 6.34. The fraction of sp³-hybridized carbons (Fsp3) is 0.333. The van der Waals surface area contributed by atoms with Crippen molar-refractivity contribution in [3.05, 3.63) is 18.2 Å². The highest BCUT2D eigenvalue weighted by molar-refractivity contribution is 5.85. The molecule has 0 spiro atoms. The van der Waals surface area contributed by atoms with Crippen LogP contribution in [0.25, 0.3) is 11.0 Å². The third-order valence-electron chi connectivity index (χ3n) is 2.40. The molecule has 0 amide bonds. The van der Waals surface area contributed by atoms with Crippen LogP contribution in [0.15, 0.2) is 12.4 Å². The minimum absolute atomic E-state index is 0.631. The molecule has 0 aliphatic heterocycles. The van der Waals surface area contributed by atoms with E-state index >= 15 is 0 Å². The summed E-state index contributed by atoms with van der Waals surface area (Å²) in [7, 11) is 0. The second kappa shape index (κ2) is 2.22. The summed E-state index contributed by atoms with van der Waals surface area (Å²) in [5.41, 5.74) is 8.20. The van der Waals surface area contributed by atoms with Gasteiger partial charge < -0.3 is 10.7 Å². The van der Waals surface area contributed by atoms with Crippen LogP contribution < -0.4 is 5.73 Å². The Labute approximate surface area is 75.2 Å². The molecular weight excluding hydrogens is 164 g/mol. The number of nitrogens with one attached hydrogen (secondary N) is 1. The molecule has 2 heterocycles. The lowest BCUT2D eigenvalue weighted by molar-refractivity contribution is 0.986. The molecule has 1 saturated carbocycles. The topological polar surface area (TPSA) is 67.6 Å². The Morgan fingerprint density at radius 1 is 1.38 bits per heavy atom. The number of nitrogen functional groups attached to an aromatic ring is 1. The van der Waals surface area contributed by atoms with Gasteiger partial charge in [-0.15, -0.1) is 0 Å². The highest BCUT2D eigenvalue weighted by atomic mass is 15.0. The summed E-state index contributed by atoms with van der Waals surface area (Å²) in [4.78, 5) is 11.7. The third kappa shape index (κ3) is 0.983. The maximum Gasteiger partial charge on any atom is 0.115 e. The molecule has 13 heavy (non-hydrogen) atoms. The molecule has 2 aromatic heterocycles. The van der Waals surface area contributed by atoms with E-state index in [1.54, 1.807) is 12.4 Å². The highest BCUT2D eigenvalue weighted by Gasteiger charge is 2.26. The number of aromatic amines is 1. The molecule has 0 bridgehead atoms. The van der Waals surface area contributed by atoms with E-state index in [2.05, 4.69) is 15.0 Å². The van der Waals surface area contributed by atoms with E-state index in [1.165, 1.54) is 12.8 Å². The molecule has 0 saturated heterocycles. The number of rotatable bonds is 1. The number of nitrogens with two attached hydrogens (primary N) is 1. The summed E-state index contributed by atoms with van der Waals surface area (Å²) < 4.78 is 0. The Morgan fingerprint density at radius 2 is 2.23 bits per heavy atom. The van der Waals surface area contributed by atoms with Gasteiger partial charge in [0.25, 0.3) is 0 Å². The van der Waals surface area contributed by atoms with Crippen LogP contribution >= 0.6 is 0 Å². The molecule has 0 atom stereocenters. The summed E-state index contributed by atoms with van der Waals surface area (Å²) in [5, 5.41) is 0. The normalized spacial score (nSPS) is 16.6. The summed E-state index contributed by atoms with van der Waals surface area (Å²) in [6, 6.07) is 0. The monoisotopic (exact) mass is 174 g/mol. The van der Waals surface area contributed by atoms with Crippen LogP contribution in [0.5, 0.6) is 0 Å². The standard InChI is InChI=1S/C9H10N4/c10-6-3-11-4-7-8(6)13-9(12-7)5-1-2-5/h3-5H,1-2,10H2,(H,12,13). The number of pyridine rings is 1. The molecule has 1 aliphatic rings. The summed E-state index contributed by atoms with van der Waals surface area (Å²) in [6.07, 6.45) is 5.89. The van der Waals surface area contributed by atoms with E-state index < -0.39 is 0 Å². The lowest BCUT2D eigenvalue weighted by Gasteiger charge is -1.90. The number of anilines is 1. The van der Waals surface area contributed by atoms with Gasteiger partial charge in [0.2, 0.25) is 0 Å². The number of hydrogen-bond donors (Lipinski definition) is 2. The smallest absolute Gasteiger partial charge is 0.115 e. The second-order valence-corrected chi connectivity index (χ2v) is 3.52.